The van der Waals surface area contributed by atoms with Gasteiger partial charge in [-0.3, -0.25) is 0 Å². The molecule has 7 nitrogen and oxygen atoms in total. The fourth-order valence-electron chi connectivity index (χ4n) is 2.81. The highest BCUT2D eigenvalue weighted by Gasteiger charge is 2.33. The summed E-state index contributed by atoms with van der Waals surface area (Å²) in [4.78, 5) is 4.00. The number of aliphatic hydroxyl groups is 1. The van der Waals surface area contributed by atoms with Gasteiger partial charge < -0.3 is 9.67 Å². The second kappa shape index (κ2) is 6.87. The number of imidazole rings is 1. The van der Waals surface area contributed by atoms with Gasteiger partial charge in [0.1, 0.15) is 0 Å². The molecule has 0 spiro atoms. The SMILES string of the molecule is CCN(CC)S(=O)(=O)N1CC[C@H](O)[C@@H](n2ccnc2)CC1. The Morgan fingerprint density at radius 2 is 1.95 bits per heavy atom. The van der Waals surface area contributed by atoms with E-state index >= 15 is 0 Å². The zero-order valence-corrected chi connectivity index (χ0v) is 13.4. The largest absolute Gasteiger partial charge is 0.391 e. The smallest absolute Gasteiger partial charge is 0.281 e. The standard InChI is InChI=1S/C13H24N4O3S/c1-3-16(4-2)21(19,20)17-8-5-12(13(18)6-9-17)15-10-7-14-11-15/h7,10-13,18H,3-6,8-9H2,1-2H3/t12-,13-/m0/s1. The van der Waals surface area contributed by atoms with Crippen LogP contribution in [0.5, 0.6) is 0 Å². The molecule has 1 aromatic heterocycles. The molecule has 0 amide bonds. The van der Waals surface area contributed by atoms with E-state index in [1.165, 1.54) is 8.61 Å². The topological polar surface area (TPSA) is 78.7 Å². The van der Waals surface area contributed by atoms with E-state index in [0.717, 1.165) is 0 Å². The average molecular weight is 316 g/mol. The molecule has 2 rings (SSSR count). The molecule has 0 unspecified atom stereocenters. The summed E-state index contributed by atoms with van der Waals surface area (Å²) in [6, 6.07) is -0.121. The Morgan fingerprint density at radius 1 is 1.29 bits per heavy atom. The van der Waals surface area contributed by atoms with Crippen LogP contribution in [0.4, 0.5) is 0 Å². The summed E-state index contributed by atoms with van der Waals surface area (Å²) in [5.41, 5.74) is 0. The summed E-state index contributed by atoms with van der Waals surface area (Å²) in [7, 11) is -3.43. The molecule has 0 aliphatic carbocycles. The summed E-state index contributed by atoms with van der Waals surface area (Å²) in [6.07, 6.45) is 5.60. The van der Waals surface area contributed by atoms with Gasteiger partial charge in [0.15, 0.2) is 0 Å². The number of aromatic nitrogens is 2. The Morgan fingerprint density at radius 3 is 2.52 bits per heavy atom. The number of aliphatic hydroxyl groups excluding tert-OH is 1. The van der Waals surface area contributed by atoms with Gasteiger partial charge in [-0.15, -0.1) is 0 Å². The van der Waals surface area contributed by atoms with E-state index in [9.17, 15) is 13.5 Å². The highest BCUT2D eigenvalue weighted by atomic mass is 32.2. The molecule has 8 heteroatoms. The number of rotatable bonds is 5. The van der Waals surface area contributed by atoms with Crippen molar-refractivity contribution in [2.24, 2.45) is 0 Å². The van der Waals surface area contributed by atoms with Crippen LogP contribution in [0.25, 0.3) is 0 Å². The summed E-state index contributed by atoms with van der Waals surface area (Å²) in [5, 5.41) is 10.3. The maximum atomic E-state index is 12.6. The van der Waals surface area contributed by atoms with E-state index < -0.39 is 16.3 Å². The minimum Gasteiger partial charge on any atom is -0.391 e. The van der Waals surface area contributed by atoms with Gasteiger partial charge in [-0.25, -0.2) is 4.98 Å². The van der Waals surface area contributed by atoms with Crippen molar-refractivity contribution in [1.29, 1.82) is 0 Å². The first-order valence-corrected chi connectivity index (χ1v) is 8.81. The fourth-order valence-corrected chi connectivity index (χ4v) is 4.46. The molecule has 1 aliphatic heterocycles. The third-order valence-electron chi connectivity index (χ3n) is 4.06. The number of hydrogen-bond donors (Lipinski definition) is 1. The third-order valence-corrected chi connectivity index (χ3v) is 6.25. The summed E-state index contributed by atoms with van der Waals surface area (Å²) in [6.45, 7) is 5.36. The maximum Gasteiger partial charge on any atom is 0.281 e. The van der Waals surface area contributed by atoms with Crippen molar-refractivity contribution in [3.05, 3.63) is 18.7 Å². The molecule has 1 N–H and O–H groups in total. The van der Waals surface area contributed by atoms with Crippen molar-refractivity contribution in [3.63, 3.8) is 0 Å². The third kappa shape index (κ3) is 3.45. The first-order valence-electron chi connectivity index (χ1n) is 7.41. The summed E-state index contributed by atoms with van der Waals surface area (Å²) in [5.74, 6) is 0. The monoisotopic (exact) mass is 316 g/mol. The van der Waals surface area contributed by atoms with Crippen LogP contribution < -0.4 is 0 Å². The van der Waals surface area contributed by atoms with Gasteiger partial charge in [-0.1, -0.05) is 13.8 Å². The van der Waals surface area contributed by atoms with Crippen LogP contribution in [0.15, 0.2) is 18.7 Å². The van der Waals surface area contributed by atoms with Gasteiger partial charge in [-0.2, -0.15) is 17.0 Å². The van der Waals surface area contributed by atoms with E-state index in [4.69, 9.17) is 0 Å². The van der Waals surface area contributed by atoms with E-state index in [1.807, 2.05) is 24.6 Å². The van der Waals surface area contributed by atoms with Crippen molar-refractivity contribution in [3.8, 4) is 0 Å². The Bertz CT molecular complexity index is 528. The molecule has 0 saturated carbocycles. The molecule has 1 aromatic rings. The molecule has 0 aromatic carbocycles. The van der Waals surface area contributed by atoms with Crippen molar-refractivity contribution < 1.29 is 13.5 Å². The molecule has 0 radical (unpaired) electrons. The van der Waals surface area contributed by atoms with Gasteiger partial charge in [0.25, 0.3) is 10.2 Å². The molecule has 1 aliphatic rings. The Balaban J connectivity index is 2.13. The Hall–Kier alpha value is -0.960. The van der Waals surface area contributed by atoms with Gasteiger partial charge in [-0.05, 0) is 12.8 Å². The first-order chi connectivity index (χ1) is 10.0. The van der Waals surface area contributed by atoms with Gasteiger partial charge in [0, 0.05) is 38.6 Å². The van der Waals surface area contributed by atoms with Crippen LogP contribution in [-0.4, -0.2) is 64.0 Å². The lowest BCUT2D eigenvalue weighted by Crippen LogP contribution is -2.44. The maximum absolute atomic E-state index is 12.6. The average Bonchev–Trinajstić information content (AvgIpc) is 2.90. The molecule has 2 atom stereocenters. The molecule has 21 heavy (non-hydrogen) atoms. The van der Waals surface area contributed by atoms with E-state index in [-0.39, 0.29) is 6.04 Å². The van der Waals surface area contributed by atoms with Gasteiger partial charge in [0.05, 0.1) is 18.5 Å². The highest BCUT2D eigenvalue weighted by molar-refractivity contribution is 7.86. The number of nitrogens with zero attached hydrogens (tertiary/aromatic N) is 4. The summed E-state index contributed by atoms with van der Waals surface area (Å²) >= 11 is 0. The fraction of sp³-hybridized carbons (Fsp3) is 0.769. The zero-order valence-electron chi connectivity index (χ0n) is 12.6. The lowest BCUT2D eigenvalue weighted by Gasteiger charge is -2.27. The van der Waals surface area contributed by atoms with Crippen LogP contribution in [-0.2, 0) is 10.2 Å². The normalized spacial score (nSPS) is 25.1. The molecule has 1 fully saturated rings. The molecule has 1 saturated heterocycles. The lowest BCUT2D eigenvalue weighted by atomic mass is 10.1. The molecule has 2 heterocycles. The second-order valence-corrected chi connectivity index (χ2v) is 7.14. The van der Waals surface area contributed by atoms with E-state index in [0.29, 0.717) is 39.0 Å². The van der Waals surface area contributed by atoms with Crippen LogP contribution in [0.2, 0.25) is 0 Å². The first kappa shape index (κ1) is 16.4. The van der Waals surface area contributed by atoms with Crippen molar-refractivity contribution >= 4 is 10.2 Å². The van der Waals surface area contributed by atoms with Crippen molar-refractivity contribution in [2.75, 3.05) is 26.2 Å². The van der Waals surface area contributed by atoms with Crippen molar-refractivity contribution in [1.82, 2.24) is 18.2 Å². The van der Waals surface area contributed by atoms with Crippen LogP contribution >= 0.6 is 0 Å². The Kier molecular flexibility index (Phi) is 5.37. The summed E-state index contributed by atoms with van der Waals surface area (Å²) < 4.78 is 29.9. The predicted molar refractivity (Wildman–Crippen MR) is 79.9 cm³/mol. The van der Waals surface area contributed by atoms with Crippen LogP contribution in [0, 0.1) is 0 Å². The van der Waals surface area contributed by atoms with Crippen molar-refractivity contribution in [2.45, 2.75) is 38.8 Å². The van der Waals surface area contributed by atoms with E-state index in [2.05, 4.69) is 4.98 Å². The van der Waals surface area contributed by atoms with Crippen LogP contribution in [0.1, 0.15) is 32.7 Å². The van der Waals surface area contributed by atoms with Gasteiger partial charge >= 0.3 is 0 Å². The quantitative estimate of drug-likeness (QED) is 0.856. The van der Waals surface area contributed by atoms with E-state index in [1.54, 1.807) is 12.5 Å². The Labute approximate surface area is 126 Å². The number of hydrogen-bond acceptors (Lipinski definition) is 4. The lowest BCUT2D eigenvalue weighted by molar-refractivity contribution is 0.108. The second-order valence-electron chi connectivity index (χ2n) is 5.21. The van der Waals surface area contributed by atoms with Gasteiger partial charge in [0.2, 0.25) is 0 Å². The minimum absolute atomic E-state index is 0.121. The zero-order chi connectivity index (χ0) is 15.5. The molecule has 0 bridgehead atoms. The minimum atomic E-state index is -3.43. The molecular formula is C13H24N4O3S. The molecule has 120 valence electrons. The predicted octanol–water partition coefficient (Wildman–Crippen LogP) is 0.468. The highest BCUT2D eigenvalue weighted by Crippen LogP contribution is 2.25. The molecular weight excluding hydrogens is 292 g/mol. The van der Waals surface area contributed by atoms with Crippen LogP contribution in [0.3, 0.4) is 0 Å².